The van der Waals surface area contributed by atoms with E-state index in [1.807, 2.05) is 0 Å². The zero-order valence-electron chi connectivity index (χ0n) is 9.41. The van der Waals surface area contributed by atoms with E-state index in [-0.39, 0.29) is 0 Å². The largest absolute Gasteiger partial charge is 0.381 e. The van der Waals surface area contributed by atoms with E-state index in [0.717, 1.165) is 50.7 Å². The molecule has 0 amide bonds. The maximum Gasteiger partial charge on any atom is 0.156 e. The van der Waals surface area contributed by atoms with Gasteiger partial charge in [-0.1, -0.05) is 0 Å². The molecule has 2 atom stereocenters. The van der Waals surface area contributed by atoms with Crippen LogP contribution in [0.3, 0.4) is 0 Å². The summed E-state index contributed by atoms with van der Waals surface area (Å²) in [5, 5.41) is 10.8. The number of H-pyrrole nitrogens is 1. The smallest absolute Gasteiger partial charge is 0.156 e. The quantitative estimate of drug-likeness (QED) is 0.787. The third kappa shape index (κ3) is 1.97. The predicted molar refractivity (Wildman–Crippen MR) is 59.2 cm³/mol. The number of aromatic nitrogens is 3. The molecule has 5 heteroatoms. The third-order valence-electron chi connectivity index (χ3n) is 3.44. The summed E-state index contributed by atoms with van der Waals surface area (Å²) >= 11 is 0. The van der Waals surface area contributed by atoms with E-state index in [4.69, 9.17) is 4.74 Å². The van der Waals surface area contributed by atoms with Crippen LogP contribution in [-0.2, 0) is 4.74 Å². The molecule has 1 aromatic rings. The lowest BCUT2D eigenvalue weighted by Crippen LogP contribution is -2.17. The summed E-state index contributed by atoms with van der Waals surface area (Å²) in [6.07, 6.45) is 4.66. The molecule has 2 aliphatic rings. The van der Waals surface area contributed by atoms with Gasteiger partial charge in [-0.2, -0.15) is 5.10 Å². The molecule has 2 N–H and O–H groups in total. The summed E-state index contributed by atoms with van der Waals surface area (Å²) in [7, 11) is 0. The fourth-order valence-corrected chi connectivity index (χ4v) is 2.49. The first kappa shape index (κ1) is 10.2. The maximum absolute atomic E-state index is 5.46. The average molecular weight is 222 g/mol. The molecular weight excluding hydrogens is 204 g/mol. The molecule has 2 fully saturated rings. The Morgan fingerprint density at radius 3 is 3.00 bits per heavy atom. The minimum atomic E-state index is 0.380. The van der Waals surface area contributed by atoms with Gasteiger partial charge in [0.25, 0.3) is 0 Å². The van der Waals surface area contributed by atoms with Crippen molar-refractivity contribution < 1.29 is 4.74 Å². The van der Waals surface area contributed by atoms with Gasteiger partial charge in [-0.15, -0.1) is 0 Å². The molecule has 0 aromatic carbocycles. The average Bonchev–Trinajstić information content (AvgIpc) is 3.01. The summed E-state index contributed by atoms with van der Waals surface area (Å²) < 4.78 is 5.46. The highest BCUT2D eigenvalue weighted by atomic mass is 16.5. The minimum Gasteiger partial charge on any atom is -0.381 e. The van der Waals surface area contributed by atoms with Crippen molar-refractivity contribution >= 4 is 0 Å². The number of aromatic amines is 1. The van der Waals surface area contributed by atoms with Crippen molar-refractivity contribution in [3.63, 3.8) is 0 Å². The molecule has 2 unspecified atom stereocenters. The Morgan fingerprint density at radius 1 is 1.25 bits per heavy atom. The molecule has 1 aromatic heterocycles. The molecular formula is C11H18N4O. The molecule has 16 heavy (non-hydrogen) atoms. The van der Waals surface area contributed by atoms with Crippen LogP contribution >= 0.6 is 0 Å². The molecule has 88 valence electrons. The number of hydrogen-bond donors (Lipinski definition) is 2. The fraction of sp³-hybridized carbons (Fsp3) is 0.818. The van der Waals surface area contributed by atoms with Gasteiger partial charge in [0.2, 0.25) is 0 Å². The van der Waals surface area contributed by atoms with Crippen molar-refractivity contribution in [2.75, 3.05) is 19.8 Å². The van der Waals surface area contributed by atoms with Crippen molar-refractivity contribution in [3.8, 4) is 0 Å². The summed E-state index contributed by atoms with van der Waals surface area (Å²) in [6.45, 7) is 2.75. The minimum absolute atomic E-state index is 0.380. The highest BCUT2D eigenvalue weighted by molar-refractivity contribution is 5.03. The standard InChI is InChI=1S/C11H18N4O/c1-4-9(12-5-1)11-13-10(14-15-11)8-3-2-6-16-7-8/h8-9,12H,1-7H2,(H,13,14,15). The van der Waals surface area contributed by atoms with Crippen LogP contribution < -0.4 is 5.32 Å². The van der Waals surface area contributed by atoms with Gasteiger partial charge >= 0.3 is 0 Å². The molecule has 2 saturated heterocycles. The van der Waals surface area contributed by atoms with Crippen molar-refractivity contribution in [1.29, 1.82) is 0 Å². The maximum atomic E-state index is 5.46. The molecule has 5 nitrogen and oxygen atoms in total. The molecule has 0 saturated carbocycles. The Hall–Kier alpha value is -0.940. The number of nitrogens with zero attached hydrogens (tertiary/aromatic N) is 2. The van der Waals surface area contributed by atoms with Gasteiger partial charge in [0.15, 0.2) is 5.82 Å². The Bertz CT molecular complexity index is 340. The van der Waals surface area contributed by atoms with Crippen LogP contribution in [0.15, 0.2) is 0 Å². The summed E-state index contributed by atoms with van der Waals surface area (Å²) in [5.74, 6) is 2.32. The predicted octanol–water partition coefficient (Wildman–Crippen LogP) is 1.12. The van der Waals surface area contributed by atoms with Crippen LogP contribution in [0, 0.1) is 0 Å². The van der Waals surface area contributed by atoms with Crippen LogP contribution in [0.25, 0.3) is 0 Å². The van der Waals surface area contributed by atoms with E-state index in [1.54, 1.807) is 0 Å². The Morgan fingerprint density at radius 2 is 2.25 bits per heavy atom. The number of ether oxygens (including phenoxy) is 1. The topological polar surface area (TPSA) is 62.8 Å². The lowest BCUT2D eigenvalue weighted by atomic mass is 10.0. The molecule has 0 spiro atoms. The highest BCUT2D eigenvalue weighted by Crippen LogP contribution is 2.25. The number of nitrogens with one attached hydrogen (secondary N) is 2. The van der Waals surface area contributed by atoms with Crippen molar-refractivity contribution in [1.82, 2.24) is 20.5 Å². The lowest BCUT2D eigenvalue weighted by molar-refractivity contribution is 0.0781. The molecule has 0 bridgehead atoms. The van der Waals surface area contributed by atoms with E-state index < -0.39 is 0 Å². The summed E-state index contributed by atoms with van der Waals surface area (Å²) in [5.41, 5.74) is 0. The van der Waals surface area contributed by atoms with Gasteiger partial charge in [-0.25, -0.2) is 4.98 Å². The van der Waals surface area contributed by atoms with E-state index in [1.165, 1.54) is 6.42 Å². The van der Waals surface area contributed by atoms with Gasteiger partial charge in [-0.3, -0.25) is 5.10 Å². The first-order valence-corrected chi connectivity index (χ1v) is 6.17. The number of rotatable bonds is 2. The first-order chi connectivity index (χ1) is 7.93. The fourth-order valence-electron chi connectivity index (χ4n) is 2.49. The molecule has 2 aliphatic heterocycles. The van der Waals surface area contributed by atoms with Crippen LogP contribution in [0.4, 0.5) is 0 Å². The Kier molecular flexibility index (Phi) is 2.88. The van der Waals surface area contributed by atoms with E-state index in [0.29, 0.717) is 12.0 Å². The monoisotopic (exact) mass is 222 g/mol. The normalized spacial score (nSPS) is 30.8. The number of hydrogen-bond acceptors (Lipinski definition) is 4. The van der Waals surface area contributed by atoms with Crippen molar-refractivity contribution in [2.45, 2.75) is 37.6 Å². The van der Waals surface area contributed by atoms with Crippen LogP contribution in [-0.4, -0.2) is 34.9 Å². The summed E-state index contributed by atoms with van der Waals surface area (Å²) in [6, 6.07) is 0.380. The van der Waals surface area contributed by atoms with Crippen LogP contribution in [0.5, 0.6) is 0 Å². The van der Waals surface area contributed by atoms with Gasteiger partial charge in [0.1, 0.15) is 5.82 Å². The van der Waals surface area contributed by atoms with Gasteiger partial charge < -0.3 is 10.1 Å². The lowest BCUT2D eigenvalue weighted by Gasteiger charge is -2.18. The van der Waals surface area contributed by atoms with Crippen molar-refractivity contribution in [3.05, 3.63) is 11.6 Å². The van der Waals surface area contributed by atoms with Gasteiger partial charge in [0, 0.05) is 12.5 Å². The molecule has 0 radical (unpaired) electrons. The Labute approximate surface area is 95.0 Å². The van der Waals surface area contributed by atoms with Crippen molar-refractivity contribution in [2.24, 2.45) is 0 Å². The second kappa shape index (κ2) is 4.51. The molecule has 3 rings (SSSR count). The summed E-state index contributed by atoms with van der Waals surface area (Å²) in [4.78, 5) is 4.61. The SMILES string of the molecule is C1COCC(c2n[nH]c(C3CCCN3)n2)C1. The zero-order chi connectivity index (χ0) is 10.8. The zero-order valence-corrected chi connectivity index (χ0v) is 9.41. The van der Waals surface area contributed by atoms with E-state index >= 15 is 0 Å². The Balaban J connectivity index is 1.71. The molecule has 3 heterocycles. The second-order valence-corrected chi connectivity index (χ2v) is 4.64. The highest BCUT2D eigenvalue weighted by Gasteiger charge is 2.24. The van der Waals surface area contributed by atoms with E-state index in [2.05, 4.69) is 20.5 Å². The van der Waals surface area contributed by atoms with Crippen LogP contribution in [0.1, 0.15) is 49.3 Å². The first-order valence-electron chi connectivity index (χ1n) is 6.17. The van der Waals surface area contributed by atoms with Crippen LogP contribution in [0.2, 0.25) is 0 Å². The van der Waals surface area contributed by atoms with Gasteiger partial charge in [0.05, 0.1) is 12.6 Å². The van der Waals surface area contributed by atoms with Gasteiger partial charge in [-0.05, 0) is 32.2 Å². The molecule has 0 aliphatic carbocycles. The third-order valence-corrected chi connectivity index (χ3v) is 3.44. The van der Waals surface area contributed by atoms with E-state index in [9.17, 15) is 0 Å². The second-order valence-electron chi connectivity index (χ2n) is 4.64.